The Hall–Kier alpha value is -3.08. The van der Waals surface area contributed by atoms with Crippen LogP contribution in [0.25, 0.3) is 10.9 Å². The van der Waals surface area contributed by atoms with Crippen molar-refractivity contribution in [2.24, 2.45) is 5.10 Å². The van der Waals surface area contributed by atoms with E-state index in [1.807, 2.05) is 30.3 Å². The van der Waals surface area contributed by atoms with E-state index in [0.29, 0.717) is 6.42 Å². The summed E-state index contributed by atoms with van der Waals surface area (Å²) in [4.78, 5) is 16.4. The number of nitrogens with zero attached hydrogens (tertiary/aromatic N) is 3. The van der Waals surface area contributed by atoms with Crippen molar-refractivity contribution >= 4 is 22.5 Å². The van der Waals surface area contributed by atoms with E-state index in [1.54, 1.807) is 18.3 Å². The molecule has 0 saturated heterocycles. The van der Waals surface area contributed by atoms with Crippen LogP contribution in [0.2, 0.25) is 0 Å². The molecule has 0 unspecified atom stereocenters. The highest BCUT2D eigenvalue weighted by atomic mass is 19.1. The maximum absolute atomic E-state index is 13.2. The highest BCUT2D eigenvalue weighted by molar-refractivity contribution is 6.03. The summed E-state index contributed by atoms with van der Waals surface area (Å²) >= 11 is 0. The standard InChI is InChI=1S/C20H16FN3O/c1-13(25)24-20(12-19(23-24)14-4-7-17(21)8-5-14)16-6-9-18-15(11-16)3-2-10-22-18/h2-11,20H,12H2,1H3/t20-/m1/s1. The smallest absolute Gasteiger partial charge is 0.240 e. The zero-order valence-corrected chi connectivity index (χ0v) is 13.7. The Balaban J connectivity index is 1.71. The van der Waals surface area contributed by atoms with E-state index < -0.39 is 0 Å². The van der Waals surface area contributed by atoms with Gasteiger partial charge in [-0.25, -0.2) is 9.40 Å². The third-order valence-electron chi connectivity index (χ3n) is 4.42. The lowest BCUT2D eigenvalue weighted by Crippen LogP contribution is -2.24. The van der Waals surface area contributed by atoms with Gasteiger partial charge in [0.15, 0.2) is 0 Å². The number of hydrogen-bond donors (Lipinski definition) is 0. The van der Waals surface area contributed by atoms with Crippen molar-refractivity contribution in [3.8, 4) is 0 Å². The van der Waals surface area contributed by atoms with Gasteiger partial charge in [-0.1, -0.05) is 24.3 Å². The van der Waals surface area contributed by atoms with Gasteiger partial charge in [-0.05, 0) is 41.5 Å². The van der Waals surface area contributed by atoms with Crippen LogP contribution in [0.15, 0.2) is 65.9 Å². The molecular formula is C20H16FN3O. The minimum Gasteiger partial charge on any atom is -0.273 e. The van der Waals surface area contributed by atoms with E-state index in [9.17, 15) is 9.18 Å². The number of halogens is 1. The first kappa shape index (κ1) is 15.4. The molecule has 0 bridgehead atoms. The van der Waals surface area contributed by atoms with Gasteiger partial charge in [-0.15, -0.1) is 0 Å². The van der Waals surface area contributed by atoms with E-state index >= 15 is 0 Å². The van der Waals surface area contributed by atoms with Crippen molar-refractivity contribution < 1.29 is 9.18 Å². The predicted octanol–water partition coefficient (Wildman–Crippen LogP) is 4.07. The zero-order valence-electron chi connectivity index (χ0n) is 13.7. The molecule has 5 heteroatoms. The Bertz CT molecular complexity index is 982. The van der Waals surface area contributed by atoms with Gasteiger partial charge in [0.1, 0.15) is 5.82 Å². The van der Waals surface area contributed by atoms with Gasteiger partial charge in [0.05, 0.1) is 17.3 Å². The number of benzene rings is 2. The number of amides is 1. The van der Waals surface area contributed by atoms with E-state index in [-0.39, 0.29) is 17.8 Å². The van der Waals surface area contributed by atoms with Crippen LogP contribution in [0, 0.1) is 5.82 Å². The number of pyridine rings is 1. The molecule has 1 aliphatic heterocycles. The van der Waals surface area contributed by atoms with Crippen LogP contribution in [-0.2, 0) is 4.79 Å². The molecule has 0 radical (unpaired) electrons. The molecule has 3 aromatic rings. The summed E-state index contributed by atoms with van der Waals surface area (Å²) in [5, 5.41) is 7.02. The maximum atomic E-state index is 13.2. The molecule has 25 heavy (non-hydrogen) atoms. The summed E-state index contributed by atoms with van der Waals surface area (Å²) in [7, 11) is 0. The number of carbonyl (C=O) groups excluding carboxylic acids is 1. The molecule has 4 rings (SSSR count). The third-order valence-corrected chi connectivity index (χ3v) is 4.42. The molecule has 0 saturated carbocycles. The molecule has 0 aliphatic carbocycles. The topological polar surface area (TPSA) is 45.6 Å². The van der Waals surface area contributed by atoms with Crippen molar-refractivity contribution in [3.63, 3.8) is 0 Å². The molecule has 0 N–H and O–H groups in total. The summed E-state index contributed by atoms with van der Waals surface area (Å²) in [5.41, 5.74) is 3.54. The first-order chi connectivity index (χ1) is 12.1. The third kappa shape index (κ3) is 2.89. The minimum absolute atomic E-state index is 0.117. The highest BCUT2D eigenvalue weighted by Gasteiger charge is 2.31. The summed E-state index contributed by atoms with van der Waals surface area (Å²) in [6.07, 6.45) is 2.35. The van der Waals surface area contributed by atoms with Crippen LogP contribution in [0.4, 0.5) is 4.39 Å². The minimum atomic E-state index is -0.288. The van der Waals surface area contributed by atoms with E-state index in [4.69, 9.17) is 0 Å². The maximum Gasteiger partial charge on any atom is 0.240 e. The average Bonchev–Trinajstić information content (AvgIpc) is 3.07. The lowest BCUT2D eigenvalue weighted by molar-refractivity contribution is -0.130. The monoisotopic (exact) mass is 333 g/mol. The van der Waals surface area contributed by atoms with Gasteiger partial charge in [-0.2, -0.15) is 5.10 Å². The second kappa shape index (κ2) is 6.09. The van der Waals surface area contributed by atoms with Crippen LogP contribution in [-0.4, -0.2) is 21.6 Å². The molecule has 124 valence electrons. The fraction of sp³-hybridized carbons (Fsp3) is 0.150. The van der Waals surface area contributed by atoms with Crippen LogP contribution in [0.3, 0.4) is 0 Å². The summed E-state index contributed by atoms with van der Waals surface area (Å²) in [6.45, 7) is 1.51. The molecule has 1 amide bonds. The quantitative estimate of drug-likeness (QED) is 0.709. The first-order valence-electron chi connectivity index (χ1n) is 8.10. The van der Waals surface area contributed by atoms with E-state index in [2.05, 4.69) is 10.1 Å². The Morgan fingerprint density at radius 1 is 1.16 bits per heavy atom. The van der Waals surface area contributed by atoms with Crippen LogP contribution < -0.4 is 0 Å². The fourth-order valence-electron chi connectivity index (χ4n) is 3.18. The van der Waals surface area contributed by atoms with Gasteiger partial charge in [0.2, 0.25) is 5.91 Å². The molecule has 1 aliphatic rings. The Labute approximate surface area is 144 Å². The molecule has 1 atom stereocenters. The van der Waals surface area contributed by atoms with E-state index in [0.717, 1.165) is 27.7 Å². The van der Waals surface area contributed by atoms with Gasteiger partial charge < -0.3 is 0 Å². The number of fused-ring (bicyclic) bond motifs is 1. The van der Waals surface area contributed by atoms with Gasteiger partial charge >= 0.3 is 0 Å². The predicted molar refractivity (Wildman–Crippen MR) is 94.6 cm³/mol. The molecule has 2 heterocycles. The van der Waals surface area contributed by atoms with Crippen molar-refractivity contribution in [3.05, 3.63) is 77.7 Å². The molecule has 0 fully saturated rings. The molecule has 0 spiro atoms. The van der Waals surface area contributed by atoms with Crippen molar-refractivity contribution in [1.82, 2.24) is 9.99 Å². The lowest BCUT2D eigenvalue weighted by atomic mass is 9.97. The second-order valence-electron chi connectivity index (χ2n) is 6.09. The van der Waals surface area contributed by atoms with Gasteiger partial charge in [-0.3, -0.25) is 9.78 Å². The van der Waals surface area contributed by atoms with Gasteiger partial charge in [0, 0.05) is 24.9 Å². The lowest BCUT2D eigenvalue weighted by Gasteiger charge is -2.20. The van der Waals surface area contributed by atoms with Crippen molar-refractivity contribution in [2.75, 3.05) is 0 Å². The number of rotatable bonds is 2. The molecule has 2 aromatic carbocycles. The number of hydrogen-bond acceptors (Lipinski definition) is 3. The summed E-state index contributed by atoms with van der Waals surface area (Å²) in [5.74, 6) is -0.405. The second-order valence-corrected chi connectivity index (χ2v) is 6.09. The molecule has 4 nitrogen and oxygen atoms in total. The normalized spacial score (nSPS) is 17.0. The highest BCUT2D eigenvalue weighted by Crippen LogP contribution is 2.33. The summed E-state index contributed by atoms with van der Waals surface area (Å²) in [6, 6.07) is 15.9. The van der Waals surface area contributed by atoms with Crippen LogP contribution in [0.1, 0.15) is 30.5 Å². The Morgan fingerprint density at radius 3 is 2.72 bits per heavy atom. The average molecular weight is 333 g/mol. The number of hydrazone groups is 1. The molecular weight excluding hydrogens is 317 g/mol. The fourth-order valence-corrected chi connectivity index (χ4v) is 3.18. The van der Waals surface area contributed by atoms with Crippen LogP contribution in [0.5, 0.6) is 0 Å². The van der Waals surface area contributed by atoms with Crippen LogP contribution >= 0.6 is 0 Å². The SMILES string of the molecule is CC(=O)N1N=C(c2ccc(F)cc2)C[C@@H]1c1ccc2ncccc2c1. The van der Waals surface area contributed by atoms with Crippen molar-refractivity contribution in [2.45, 2.75) is 19.4 Å². The number of aromatic nitrogens is 1. The van der Waals surface area contributed by atoms with E-state index in [1.165, 1.54) is 24.1 Å². The zero-order chi connectivity index (χ0) is 17.4. The summed E-state index contributed by atoms with van der Waals surface area (Å²) < 4.78 is 13.2. The molecule has 1 aromatic heterocycles. The van der Waals surface area contributed by atoms with Gasteiger partial charge in [0.25, 0.3) is 0 Å². The van der Waals surface area contributed by atoms with Crippen molar-refractivity contribution in [1.29, 1.82) is 0 Å². The largest absolute Gasteiger partial charge is 0.273 e. The first-order valence-corrected chi connectivity index (χ1v) is 8.10. The Morgan fingerprint density at radius 2 is 1.96 bits per heavy atom. The number of carbonyl (C=O) groups is 1. The Kier molecular flexibility index (Phi) is 3.76.